The molecule has 0 saturated heterocycles. The molecule has 1 rings (SSSR count). The fraction of sp³-hybridized carbons (Fsp3) is 0.100. The van der Waals surface area contributed by atoms with Crippen LogP contribution in [0.25, 0.3) is 6.08 Å². The van der Waals surface area contributed by atoms with Gasteiger partial charge >= 0.3 is 0 Å². The maximum atomic E-state index is 8.85. The van der Waals surface area contributed by atoms with Crippen LogP contribution in [0.4, 0.5) is 0 Å². The van der Waals surface area contributed by atoms with Crippen molar-refractivity contribution in [3.63, 3.8) is 0 Å². The highest BCUT2D eigenvalue weighted by atomic mass is 32.2. The van der Waals surface area contributed by atoms with Crippen LogP contribution >= 0.6 is 11.8 Å². The summed E-state index contributed by atoms with van der Waals surface area (Å²) in [5.41, 5.74) is 1.63. The molecule has 1 aromatic rings. The molecule has 0 fully saturated rings. The molecule has 0 amide bonds. The topological polar surface area (TPSA) is 23.8 Å². The average molecular weight is 175 g/mol. The SMILES string of the molecule is C=Cc1cccc(SC)c1C#N. The predicted octanol–water partition coefficient (Wildman–Crippen LogP) is 2.92. The van der Waals surface area contributed by atoms with E-state index >= 15 is 0 Å². The lowest BCUT2D eigenvalue weighted by atomic mass is 10.1. The molecule has 60 valence electrons. The lowest BCUT2D eigenvalue weighted by molar-refractivity contribution is 1.36. The van der Waals surface area contributed by atoms with E-state index in [0.29, 0.717) is 0 Å². The third-order valence-corrected chi connectivity index (χ3v) is 2.39. The van der Waals surface area contributed by atoms with Crippen molar-refractivity contribution in [1.29, 1.82) is 5.26 Å². The van der Waals surface area contributed by atoms with E-state index in [0.717, 1.165) is 16.0 Å². The zero-order valence-electron chi connectivity index (χ0n) is 6.87. The monoisotopic (exact) mass is 175 g/mol. The number of nitrogens with zero attached hydrogens (tertiary/aromatic N) is 1. The van der Waals surface area contributed by atoms with Gasteiger partial charge in [0.25, 0.3) is 0 Å². The molecule has 0 radical (unpaired) electrons. The molecule has 0 N–H and O–H groups in total. The van der Waals surface area contributed by atoms with Crippen LogP contribution in [0, 0.1) is 11.3 Å². The minimum Gasteiger partial charge on any atom is -0.192 e. The molecular weight excluding hydrogens is 166 g/mol. The maximum absolute atomic E-state index is 8.85. The van der Waals surface area contributed by atoms with E-state index in [9.17, 15) is 0 Å². The van der Waals surface area contributed by atoms with Gasteiger partial charge in [-0.1, -0.05) is 24.8 Å². The average Bonchev–Trinajstić information content (AvgIpc) is 2.16. The van der Waals surface area contributed by atoms with Gasteiger partial charge in [-0.3, -0.25) is 0 Å². The largest absolute Gasteiger partial charge is 0.192 e. The molecule has 0 atom stereocenters. The van der Waals surface area contributed by atoms with Crippen LogP contribution in [0.3, 0.4) is 0 Å². The minimum atomic E-state index is 0.722. The summed E-state index contributed by atoms with van der Waals surface area (Å²) in [4.78, 5) is 1.01. The van der Waals surface area contributed by atoms with Crippen molar-refractivity contribution in [3.05, 3.63) is 35.9 Å². The van der Waals surface area contributed by atoms with E-state index in [1.165, 1.54) is 0 Å². The van der Waals surface area contributed by atoms with E-state index in [-0.39, 0.29) is 0 Å². The van der Waals surface area contributed by atoms with E-state index in [1.807, 2.05) is 24.5 Å². The molecule has 0 aliphatic carbocycles. The number of rotatable bonds is 2. The highest BCUT2D eigenvalue weighted by molar-refractivity contribution is 7.98. The van der Waals surface area contributed by atoms with Gasteiger partial charge in [-0.25, -0.2) is 0 Å². The normalized spacial score (nSPS) is 9.00. The van der Waals surface area contributed by atoms with Crippen LogP contribution in [0.5, 0.6) is 0 Å². The molecule has 0 unspecified atom stereocenters. The van der Waals surface area contributed by atoms with Crippen molar-refractivity contribution >= 4 is 17.8 Å². The molecule has 12 heavy (non-hydrogen) atoms. The van der Waals surface area contributed by atoms with E-state index < -0.39 is 0 Å². The lowest BCUT2D eigenvalue weighted by Crippen LogP contribution is -1.84. The first kappa shape index (κ1) is 8.89. The Balaban J connectivity index is 3.34. The standard InChI is InChI=1S/C10H9NS/c1-3-8-5-4-6-10(12-2)9(8)7-11/h3-6H,1H2,2H3. The first-order valence-electron chi connectivity index (χ1n) is 3.53. The lowest BCUT2D eigenvalue weighted by Gasteiger charge is -2.01. The van der Waals surface area contributed by atoms with Gasteiger partial charge in [0.05, 0.1) is 5.56 Å². The number of hydrogen-bond donors (Lipinski definition) is 0. The predicted molar refractivity (Wildman–Crippen MR) is 53.0 cm³/mol. The molecule has 0 aliphatic heterocycles. The van der Waals surface area contributed by atoms with Gasteiger partial charge in [0, 0.05) is 4.90 Å². The third-order valence-electron chi connectivity index (χ3n) is 1.61. The molecule has 0 aliphatic rings. The van der Waals surface area contributed by atoms with Crippen molar-refractivity contribution in [2.45, 2.75) is 4.90 Å². The molecule has 2 heteroatoms. The van der Waals surface area contributed by atoms with Crippen LogP contribution in [-0.4, -0.2) is 6.26 Å². The van der Waals surface area contributed by atoms with Crippen LogP contribution in [0.1, 0.15) is 11.1 Å². The van der Waals surface area contributed by atoms with Gasteiger partial charge in [-0.15, -0.1) is 11.8 Å². The summed E-state index contributed by atoms with van der Waals surface area (Å²) in [5, 5.41) is 8.85. The molecule has 0 bridgehead atoms. The molecular formula is C10H9NS. The number of thioether (sulfide) groups is 1. The number of nitriles is 1. The van der Waals surface area contributed by atoms with Gasteiger partial charge in [0.1, 0.15) is 6.07 Å². The first-order valence-corrected chi connectivity index (χ1v) is 4.75. The van der Waals surface area contributed by atoms with Crippen molar-refractivity contribution in [2.75, 3.05) is 6.26 Å². The highest BCUT2D eigenvalue weighted by Gasteiger charge is 2.02. The zero-order chi connectivity index (χ0) is 8.97. The summed E-state index contributed by atoms with van der Waals surface area (Å²) in [6, 6.07) is 7.94. The Kier molecular flexibility index (Phi) is 2.95. The first-order chi connectivity index (χ1) is 5.83. The number of hydrogen-bond acceptors (Lipinski definition) is 2. The van der Waals surface area contributed by atoms with Crippen molar-refractivity contribution in [2.24, 2.45) is 0 Å². The second-order valence-electron chi connectivity index (χ2n) is 2.24. The van der Waals surface area contributed by atoms with Gasteiger partial charge in [-0.05, 0) is 17.9 Å². The van der Waals surface area contributed by atoms with Crippen LogP contribution < -0.4 is 0 Å². The maximum Gasteiger partial charge on any atom is 0.101 e. The fourth-order valence-electron chi connectivity index (χ4n) is 1.01. The zero-order valence-corrected chi connectivity index (χ0v) is 7.69. The summed E-state index contributed by atoms with van der Waals surface area (Å²) >= 11 is 1.58. The Hall–Kier alpha value is -1.20. The minimum absolute atomic E-state index is 0.722. The Morgan fingerprint density at radius 1 is 1.58 bits per heavy atom. The van der Waals surface area contributed by atoms with Gasteiger partial charge in [0.2, 0.25) is 0 Å². The summed E-state index contributed by atoms with van der Waals surface area (Å²) < 4.78 is 0. The van der Waals surface area contributed by atoms with Crippen molar-refractivity contribution < 1.29 is 0 Å². The quantitative estimate of drug-likeness (QED) is 0.645. The van der Waals surface area contributed by atoms with Gasteiger partial charge < -0.3 is 0 Å². The highest BCUT2D eigenvalue weighted by Crippen LogP contribution is 2.23. The van der Waals surface area contributed by atoms with E-state index in [4.69, 9.17) is 5.26 Å². The number of benzene rings is 1. The Bertz CT molecular complexity index is 336. The second-order valence-corrected chi connectivity index (χ2v) is 3.09. The van der Waals surface area contributed by atoms with Crippen molar-refractivity contribution in [1.82, 2.24) is 0 Å². The molecule has 0 saturated carbocycles. The second kappa shape index (κ2) is 3.99. The van der Waals surface area contributed by atoms with Gasteiger partial charge in [-0.2, -0.15) is 5.26 Å². The smallest absolute Gasteiger partial charge is 0.101 e. The van der Waals surface area contributed by atoms with Crippen LogP contribution in [0.15, 0.2) is 29.7 Å². The molecule has 0 aromatic heterocycles. The van der Waals surface area contributed by atoms with Crippen LogP contribution in [0.2, 0.25) is 0 Å². The van der Waals surface area contributed by atoms with E-state index in [2.05, 4.69) is 12.6 Å². The molecule has 1 nitrogen and oxygen atoms in total. The third kappa shape index (κ3) is 1.51. The Morgan fingerprint density at radius 3 is 2.83 bits per heavy atom. The fourth-order valence-corrected chi connectivity index (χ4v) is 1.59. The molecule has 0 spiro atoms. The van der Waals surface area contributed by atoms with Crippen LogP contribution in [-0.2, 0) is 0 Å². The summed E-state index contributed by atoms with van der Waals surface area (Å²) in [6.07, 6.45) is 3.67. The summed E-state index contributed by atoms with van der Waals surface area (Å²) in [6.45, 7) is 3.65. The van der Waals surface area contributed by atoms with E-state index in [1.54, 1.807) is 17.8 Å². The van der Waals surface area contributed by atoms with Crippen molar-refractivity contribution in [3.8, 4) is 6.07 Å². The Labute approximate surface area is 76.7 Å². The molecule has 0 heterocycles. The Morgan fingerprint density at radius 2 is 2.33 bits per heavy atom. The summed E-state index contributed by atoms with van der Waals surface area (Å²) in [7, 11) is 0. The van der Waals surface area contributed by atoms with Gasteiger partial charge in [0.15, 0.2) is 0 Å². The summed E-state index contributed by atoms with van der Waals surface area (Å²) in [5.74, 6) is 0. The molecule has 1 aromatic carbocycles.